The number of aryl methyl sites for hydroxylation is 1. The van der Waals surface area contributed by atoms with Gasteiger partial charge < -0.3 is 4.74 Å². The highest BCUT2D eigenvalue weighted by Crippen LogP contribution is 2.30. The zero-order chi connectivity index (χ0) is 14.0. The Morgan fingerprint density at radius 3 is 2.26 bits per heavy atom. The standard InChI is InChI=1S/C15H13F3O/c1-3-19-10-5-7-11(13(16)8-10)12-6-4-9(2)14(17)15(12)18/h4-8H,3H2,1-2H3. The van der Waals surface area contributed by atoms with E-state index in [0.717, 1.165) is 6.07 Å². The summed E-state index contributed by atoms with van der Waals surface area (Å²) in [6.07, 6.45) is 0. The Bertz CT molecular complexity index is 609. The van der Waals surface area contributed by atoms with Crippen molar-refractivity contribution in [3.8, 4) is 16.9 Å². The summed E-state index contributed by atoms with van der Waals surface area (Å²) >= 11 is 0. The Kier molecular flexibility index (Phi) is 3.79. The molecule has 1 nitrogen and oxygen atoms in total. The lowest BCUT2D eigenvalue weighted by molar-refractivity contribution is 0.338. The van der Waals surface area contributed by atoms with Gasteiger partial charge in [0.25, 0.3) is 0 Å². The lowest BCUT2D eigenvalue weighted by Gasteiger charge is -2.09. The highest BCUT2D eigenvalue weighted by Gasteiger charge is 2.15. The van der Waals surface area contributed by atoms with Gasteiger partial charge in [0, 0.05) is 17.2 Å². The molecule has 0 fully saturated rings. The summed E-state index contributed by atoms with van der Waals surface area (Å²) in [6.45, 7) is 3.64. The maximum Gasteiger partial charge on any atom is 0.167 e. The van der Waals surface area contributed by atoms with E-state index >= 15 is 0 Å². The minimum absolute atomic E-state index is 0.0138. The zero-order valence-corrected chi connectivity index (χ0v) is 10.6. The van der Waals surface area contributed by atoms with E-state index in [1.165, 1.54) is 31.2 Å². The van der Waals surface area contributed by atoms with Crippen LogP contribution in [0.25, 0.3) is 11.1 Å². The molecule has 4 heteroatoms. The molecule has 0 aromatic heterocycles. The van der Waals surface area contributed by atoms with Crippen LogP contribution in [0.3, 0.4) is 0 Å². The van der Waals surface area contributed by atoms with Crippen molar-refractivity contribution in [3.05, 3.63) is 53.3 Å². The number of hydrogen-bond donors (Lipinski definition) is 0. The second-order valence-electron chi connectivity index (χ2n) is 4.13. The van der Waals surface area contributed by atoms with Crippen LogP contribution in [0, 0.1) is 24.4 Å². The molecule has 19 heavy (non-hydrogen) atoms. The van der Waals surface area contributed by atoms with Gasteiger partial charge in [-0.15, -0.1) is 0 Å². The minimum Gasteiger partial charge on any atom is -0.494 e. The molecular weight excluding hydrogens is 253 g/mol. The van der Waals surface area contributed by atoms with Crippen molar-refractivity contribution >= 4 is 0 Å². The first-order chi connectivity index (χ1) is 9.04. The fourth-order valence-electron chi connectivity index (χ4n) is 1.82. The number of benzene rings is 2. The first kappa shape index (κ1) is 13.5. The third kappa shape index (κ3) is 2.57. The van der Waals surface area contributed by atoms with E-state index in [9.17, 15) is 13.2 Å². The summed E-state index contributed by atoms with van der Waals surface area (Å²) in [5, 5.41) is 0. The van der Waals surface area contributed by atoms with Gasteiger partial charge in [0.2, 0.25) is 0 Å². The number of rotatable bonds is 3. The van der Waals surface area contributed by atoms with Crippen molar-refractivity contribution in [1.82, 2.24) is 0 Å². The molecule has 0 aliphatic rings. The van der Waals surface area contributed by atoms with Crippen molar-refractivity contribution < 1.29 is 17.9 Å². The molecule has 0 atom stereocenters. The summed E-state index contributed by atoms with van der Waals surface area (Å²) in [5.74, 6) is -2.28. The summed E-state index contributed by atoms with van der Waals surface area (Å²) < 4.78 is 46.3. The van der Waals surface area contributed by atoms with Crippen LogP contribution in [0.1, 0.15) is 12.5 Å². The average Bonchev–Trinajstić information content (AvgIpc) is 2.38. The predicted octanol–water partition coefficient (Wildman–Crippen LogP) is 4.48. The lowest BCUT2D eigenvalue weighted by atomic mass is 10.0. The van der Waals surface area contributed by atoms with Crippen LogP contribution < -0.4 is 4.74 Å². The Labute approximate surface area is 109 Å². The summed E-state index contributed by atoms with van der Waals surface area (Å²) in [7, 11) is 0. The van der Waals surface area contributed by atoms with Crippen LogP contribution in [0.15, 0.2) is 30.3 Å². The molecule has 2 aromatic rings. The maximum atomic E-state index is 13.9. The van der Waals surface area contributed by atoms with Gasteiger partial charge >= 0.3 is 0 Å². The third-order valence-electron chi connectivity index (χ3n) is 2.82. The molecule has 2 aromatic carbocycles. The molecule has 0 radical (unpaired) electrons. The second-order valence-corrected chi connectivity index (χ2v) is 4.13. The van der Waals surface area contributed by atoms with Crippen molar-refractivity contribution in [2.75, 3.05) is 6.61 Å². The van der Waals surface area contributed by atoms with Gasteiger partial charge in [-0.05, 0) is 31.5 Å². The van der Waals surface area contributed by atoms with E-state index in [2.05, 4.69) is 0 Å². The summed E-state index contributed by atoms with van der Waals surface area (Å²) in [6, 6.07) is 6.86. The summed E-state index contributed by atoms with van der Waals surface area (Å²) in [4.78, 5) is 0. The van der Waals surface area contributed by atoms with Gasteiger partial charge in [-0.1, -0.05) is 12.1 Å². The maximum absolute atomic E-state index is 13.9. The van der Waals surface area contributed by atoms with Crippen LogP contribution >= 0.6 is 0 Å². The number of hydrogen-bond acceptors (Lipinski definition) is 1. The van der Waals surface area contributed by atoms with Crippen LogP contribution in [0.4, 0.5) is 13.2 Å². The fraction of sp³-hybridized carbons (Fsp3) is 0.200. The second kappa shape index (κ2) is 5.34. The SMILES string of the molecule is CCOc1ccc(-c2ccc(C)c(F)c2F)c(F)c1. The molecule has 0 aliphatic carbocycles. The molecule has 2 rings (SSSR count). The van der Waals surface area contributed by atoms with E-state index in [1.807, 2.05) is 0 Å². The molecule has 0 unspecified atom stereocenters. The monoisotopic (exact) mass is 266 g/mol. The minimum atomic E-state index is -1.04. The quantitative estimate of drug-likeness (QED) is 0.796. The molecule has 0 heterocycles. The van der Waals surface area contributed by atoms with E-state index in [0.29, 0.717) is 12.4 Å². The van der Waals surface area contributed by atoms with Crippen molar-refractivity contribution in [3.63, 3.8) is 0 Å². The number of ether oxygens (including phenoxy) is 1. The molecule has 0 amide bonds. The van der Waals surface area contributed by atoms with E-state index in [4.69, 9.17) is 4.74 Å². The van der Waals surface area contributed by atoms with Gasteiger partial charge in [0.1, 0.15) is 11.6 Å². The lowest BCUT2D eigenvalue weighted by Crippen LogP contribution is -1.96. The Morgan fingerprint density at radius 1 is 0.947 bits per heavy atom. The van der Waals surface area contributed by atoms with Crippen molar-refractivity contribution in [1.29, 1.82) is 0 Å². The topological polar surface area (TPSA) is 9.23 Å². The fourth-order valence-corrected chi connectivity index (χ4v) is 1.82. The van der Waals surface area contributed by atoms with E-state index < -0.39 is 17.5 Å². The Morgan fingerprint density at radius 2 is 1.63 bits per heavy atom. The van der Waals surface area contributed by atoms with E-state index in [-0.39, 0.29) is 16.7 Å². The Hall–Kier alpha value is -1.97. The van der Waals surface area contributed by atoms with Gasteiger partial charge in [0.15, 0.2) is 11.6 Å². The smallest absolute Gasteiger partial charge is 0.167 e. The molecule has 0 bridgehead atoms. The van der Waals surface area contributed by atoms with Gasteiger partial charge in [0.05, 0.1) is 6.61 Å². The normalized spacial score (nSPS) is 10.6. The van der Waals surface area contributed by atoms with Crippen molar-refractivity contribution in [2.45, 2.75) is 13.8 Å². The molecule has 0 N–H and O–H groups in total. The first-order valence-electron chi connectivity index (χ1n) is 5.92. The molecule has 100 valence electrons. The van der Waals surface area contributed by atoms with Crippen LogP contribution in [-0.4, -0.2) is 6.61 Å². The zero-order valence-electron chi connectivity index (χ0n) is 10.6. The van der Waals surface area contributed by atoms with Crippen LogP contribution in [-0.2, 0) is 0 Å². The highest BCUT2D eigenvalue weighted by molar-refractivity contribution is 5.66. The molecule has 0 saturated carbocycles. The average molecular weight is 266 g/mol. The molecular formula is C15H13F3O. The third-order valence-corrected chi connectivity index (χ3v) is 2.82. The molecule has 0 spiro atoms. The highest BCUT2D eigenvalue weighted by atomic mass is 19.2. The van der Waals surface area contributed by atoms with Gasteiger partial charge in [-0.3, -0.25) is 0 Å². The predicted molar refractivity (Wildman–Crippen MR) is 67.7 cm³/mol. The van der Waals surface area contributed by atoms with E-state index in [1.54, 1.807) is 6.92 Å². The van der Waals surface area contributed by atoms with Gasteiger partial charge in [-0.25, -0.2) is 13.2 Å². The van der Waals surface area contributed by atoms with Crippen LogP contribution in [0.2, 0.25) is 0 Å². The number of halogens is 3. The first-order valence-corrected chi connectivity index (χ1v) is 5.92. The van der Waals surface area contributed by atoms with Gasteiger partial charge in [-0.2, -0.15) is 0 Å². The molecule has 0 saturated heterocycles. The van der Waals surface area contributed by atoms with Crippen LogP contribution in [0.5, 0.6) is 5.75 Å². The van der Waals surface area contributed by atoms with Crippen molar-refractivity contribution in [2.24, 2.45) is 0 Å². The Balaban J connectivity index is 2.51. The molecule has 0 aliphatic heterocycles. The summed E-state index contributed by atoms with van der Waals surface area (Å²) in [5.41, 5.74) is 0.107. The largest absolute Gasteiger partial charge is 0.494 e.